The lowest BCUT2D eigenvalue weighted by molar-refractivity contribution is 0.102. The molecule has 0 fully saturated rings. The largest absolute Gasteiger partial charge is 0.322 e. The molecule has 0 saturated carbocycles. The van der Waals surface area contributed by atoms with E-state index in [1.807, 2.05) is 32.0 Å². The number of nitrogens with zero attached hydrogens (tertiary/aromatic N) is 1. The molecule has 2 aromatic carbocycles. The summed E-state index contributed by atoms with van der Waals surface area (Å²) in [6, 6.07) is 11.5. The molecule has 0 radical (unpaired) electrons. The normalized spacial score (nSPS) is 10.5. The van der Waals surface area contributed by atoms with Crippen molar-refractivity contribution >= 4 is 29.4 Å². The first-order valence-electron chi connectivity index (χ1n) is 8.24. The minimum atomic E-state index is -0.640. The molecule has 136 valence electrons. The minimum Gasteiger partial charge on any atom is -0.322 e. The molecule has 3 aromatic rings. The Morgan fingerprint density at radius 2 is 2.00 bits per heavy atom. The Morgan fingerprint density at radius 3 is 2.74 bits per heavy atom. The number of amides is 1. The van der Waals surface area contributed by atoms with E-state index in [2.05, 4.69) is 10.3 Å². The van der Waals surface area contributed by atoms with Gasteiger partial charge in [-0.2, -0.15) is 0 Å². The van der Waals surface area contributed by atoms with Crippen molar-refractivity contribution in [3.05, 3.63) is 81.9 Å². The molecule has 0 aliphatic heterocycles. The van der Waals surface area contributed by atoms with Crippen molar-refractivity contribution in [1.82, 2.24) is 4.98 Å². The Bertz CT molecular complexity index is 1050. The number of benzene rings is 2. The van der Waals surface area contributed by atoms with E-state index in [4.69, 9.17) is 17.0 Å². The summed E-state index contributed by atoms with van der Waals surface area (Å²) < 4.78 is 13.6. The quantitative estimate of drug-likeness (QED) is 0.593. The third-order valence-corrected chi connectivity index (χ3v) is 4.67. The Morgan fingerprint density at radius 1 is 1.22 bits per heavy atom. The number of nitrogens with one attached hydrogen (secondary N) is 2. The standard InChI is InChI=1S/C21H17ClFN3O/c1-12-6-7-16(26-21(27)17-4-3-5-19(23)20(17)22)9-18(12)15-8-14(10-24)13(2)25-11-15/h3-11,24H,1-2H3,(H,26,27). The highest BCUT2D eigenvalue weighted by Gasteiger charge is 2.14. The van der Waals surface area contributed by atoms with Crippen LogP contribution in [0.5, 0.6) is 0 Å². The van der Waals surface area contributed by atoms with Crippen molar-refractivity contribution in [2.75, 3.05) is 5.32 Å². The SMILES string of the molecule is Cc1ccc(NC(=O)c2cccc(F)c2Cl)cc1-c1cnc(C)c(C=N)c1. The Balaban J connectivity index is 1.95. The van der Waals surface area contributed by atoms with Crippen LogP contribution in [0.4, 0.5) is 10.1 Å². The fourth-order valence-electron chi connectivity index (χ4n) is 2.73. The lowest BCUT2D eigenvalue weighted by Gasteiger charge is -2.12. The number of aromatic nitrogens is 1. The Kier molecular flexibility index (Phi) is 5.33. The second kappa shape index (κ2) is 7.68. The smallest absolute Gasteiger partial charge is 0.257 e. The van der Waals surface area contributed by atoms with Crippen molar-refractivity contribution in [3.63, 3.8) is 0 Å². The number of carbonyl (C=O) groups is 1. The first-order valence-corrected chi connectivity index (χ1v) is 8.62. The zero-order valence-electron chi connectivity index (χ0n) is 14.8. The molecule has 3 rings (SSSR count). The third kappa shape index (κ3) is 3.88. The number of anilines is 1. The molecule has 1 heterocycles. The van der Waals surface area contributed by atoms with Gasteiger partial charge in [0.15, 0.2) is 0 Å². The molecule has 0 bridgehead atoms. The van der Waals surface area contributed by atoms with E-state index in [-0.39, 0.29) is 10.6 Å². The molecular weight excluding hydrogens is 365 g/mol. The molecule has 0 aliphatic carbocycles. The van der Waals surface area contributed by atoms with Gasteiger partial charge in [-0.15, -0.1) is 0 Å². The molecule has 2 N–H and O–H groups in total. The number of hydrogen-bond acceptors (Lipinski definition) is 3. The summed E-state index contributed by atoms with van der Waals surface area (Å²) in [6.07, 6.45) is 3.00. The van der Waals surface area contributed by atoms with E-state index in [1.54, 1.807) is 12.3 Å². The van der Waals surface area contributed by atoms with Crippen molar-refractivity contribution in [2.45, 2.75) is 13.8 Å². The van der Waals surface area contributed by atoms with Gasteiger partial charge in [0, 0.05) is 34.9 Å². The molecule has 0 spiro atoms. The van der Waals surface area contributed by atoms with Gasteiger partial charge < -0.3 is 10.7 Å². The maximum atomic E-state index is 13.6. The third-order valence-electron chi connectivity index (χ3n) is 4.28. The van der Waals surface area contributed by atoms with Gasteiger partial charge in [0.25, 0.3) is 5.91 Å². The Hall–Kier alpha value is -3.05. The number of aryl methyl sites for hydroxylation is 2. The predicted molar refractivity (Wildman–Crippen MR) is 106 cm³/mol. The van der Waals surface area contributed by atoms with E-state index in [0.29, 0.717) is 5.69 Å². The fourth-order valence-corrected chi connectivity index (χ4v) is 2.94. The number of halogens is 2. The summed E-state index contributed by atoms with van der Waals surface area (Å²) >= 11 is 5.89. The highest BCUT2D eigenvalue weighted by atomic mass is 35.5. The first-order chi connectivity index (χ1) is 12.9. The number of pyridine rings is 1. The van der Waals surface area contributed by atoms with Crippen LogP contribution in [-0.2, 0) is 0 Å². The van der Waals surface area contributed by atoms with Crippen LogP contribution < -0.4 is 5.32 Å². The maximum Gasteiger partial charge on any atom is 0.257 e. The first kappa shape index (κ1) is 18.7. The number of hydrogen-bond donors (Lipinski definition) is 2. The van der Waals surface area contributed by atoms with E-state index in [1.165, 1.54) is 24.4 Å². The molecule has 0 unspecified atom stereocenters. The zero-order chi connectivity index (χ0) is 19.6. The molecular formula is C21H17ClFN3O. The molecule has 6 heteroatoms. The lowest BCUT2D eigenvalue weighted by Crippen LogP contribution is -2.13. The zero-order valence-corrected chi connectivity index (χ0v) is 15.6. The van der Waals surface area contributed by atoms with Crippen LogP contribution in [0.25, 0.3) is 11.1 Å². The van der Waals surface area contributed by atoms with Crippen molar-refractivity contribution in [1.29, 1.82) is 5.41 Å². The molecule has 4 nitrogen and oxygen atoms in total. The minimum absolute atomic E-state index is 0.0712. The van der Waals surface area contributed by atoms with Gasteiger partial charge in [0.05, 0.1) is 10.6 Å². The number of carbonyl (C=O) groups excluding carboxylic acids is 1. The van der Waals surface area contributed by atoms with Crippen LogP contribution in [0.3, 0.4) is 0 Å². The monoisotopic (exact) mass is 381 g/mol. The Labute approximate surface area is 161 Å². The van der Waals surface area contributed by atoms with E-state index >= 15 is 0 Å². The van der Waals surface area contributed by atoms with Gasteiger partial charge in [-0.3, -0.25) is 9.78 Å². The predicted octanol–water partition coefficient (Wildman–Crippen LogP) is 5.41. The van der Waals surface area contributed by atoms with Gasteiger partial charge in [-0.05, 0) is 55.3 Å². The molecule has 1 amide bonds. The van der Waals surface area contributed by atoms with Gasteiger partial charge in [-0.1, -0.05) is 23.7 Å². The summed E-state index contributed by atoms with van der Waals surface area (Å²) in [7, 11) is 0. The van der Waals surface area contributed by atoms with Crippen LogP contribution >= 0.6 is 11.6 Å². The van der Waals surface area contributed by atoms with Crippen molar-refractivity contribution in [3.8, 4) is 11.1 Å². The fraction of sp³-hybridized carbons (Fsp3) is 0.0952. The topological polar surface area (TPSA) is 65.8 Å². The van der Waals surface area contributed by atoms with E-state index in [9.17, 15) is 9.18 Å². The number of rotatable bonds is 4. The van der Waals surface area contributed by atoms with E-state index < -0.39 is 11.7 Å². The summed E-state index contributed by atoms with van der Waals surface area (Å²) in [5, 5.41) is 10.0. The highest BCUT2D eigenvalue weighted by Crippen LogP contribution is 2.28. The summed E-state index contributed by atoms with van der Waals surface area (Å²) in [5.74, 6) is -1.13. The van der Waals surface area contributed by atoms with Crippen molar-refractivity contribution < 1.29 is 9.18 Å². The van der Waals surface area contributed by atoms with Crippen LogP contribution in [-0.4, -0.2) is 17.1 Å². The lowest BCUT2D eigenvalue weighted by atomic mass is 9.99. The molecule has 27 heavy (non-hydrogen) atoms. The molecule has 0 saturated heterocycles. The highest BCUT2D eigenvalue weighted by molar-refractivity contribution is 6.34. The molecule has 1 aromatic heterocycles. The average molecular weight is 382 g/mol. The van der Waals surface area contributed by atoms with Gasteiger partial charge in [-0.25, -0.2) is 4.39 Å². The summed E-state index contributed by atoms with van der Waals surface area (Å²) in [4.78, 5) is 16.8. The summed E-state index contributed by atoms with van der Waals surface area (Å²) in [5.41, 5.74) is 4.85. The average Bonchev–Trinajstić information content (AvgIpc) is 2.66. The van der Waals surface area contributed by atoms with Crippen LogP contribution in [0, 0.1) is 25.1 Å². The maximum absolute atomic E-state index is 13.6. The van der Waals surface area contributed by atoms with Crippen LogP contribution in [0.1, 0.15) is 27.2 Å². The van der Waals surface area contributed by atoms with Gasteiger partial charge in [0.2, 0.25) is 0 Å². The van der Waals surface area contributed by atoms with E-state index in [0.717, 1.165) is 27.9 Å². The van der Waals surface area contributed by atoms with Crippen molar-refractivity contribution in [2.24, 2.45) is 0 Å². The summed E-state index contributed by atoms with van der Waals surface area (Å²) in [6.45, 7) is 3.80. The van der Waals surface area contributed by atoms with Gasteiger partial charge in [0.1, 0.15) is 5.82 Å². The van der Waals surface area contributed by atoms with Crippen LogP contribution in [0.15, 0.2) is 48.7 Å². The second-order valence-electron chi connectivity index (χ2n) is 6.13. The molecule has 0 atom stereocenters. The molecule has 0 aliphatic rings. The second-order valence-corrected chi connectivity index (χ2v) is 6.51. The van der Waals surface area contributed by atoms with Crippen LogP contribution in [0.2, 0.25) is 5.02 Å². The van der Waals surface area contributed by atoms with Gasteiger partial charge >= 0.3 is 0 Å².